The number of hydrogen-bond acceptors (Lipinski definition) is 4. The zero-order valence-corrected chi connectivity index (χ0v) is 11.9. The number of rotatable bonds is 6. The molecule has 16 heavy (non-hydrogen) atoms. The summed E-state index contributed by atoms with van der Waals surface area (Å²) in [4.78, 5) is 12.4. The van der Waals surface area contributed by atoms with Crippen LogP contribution in [0, 0.1) is 0 Å². The van der Waals surface area contributed by atoms with Crippen molar-refractivity contribution in [2.45, 2.75) is 26.3 Å². The first-order valence-corrected chi connectivity index (χ1v) is 6.94. The summed E-state index contributed by atoms with van der Waals surface area (Å²) in [5, 5.41) is 5.34. The molecule has 5 heteroatoms. The number of ether oxygens (including phenoxy) is 1. The SMILES string of the molecule is CCOC(=O)CCNC(C)c1sccc1Br. The number of carbonyl (C=O) groups excluding carboxylic acids is 1. The summed E-state index contributed by atoms with van der Waals surface area (Å²) in [5.41, 5.74) is 0. The first kappa shape index (κ1) is 13.7. The maximum absolute atomic E-state index is 11.1. The maximum Gasteiger partial charge on any atom is 0.307 e. The molecule has 0 aliphatic heterocycles. The van der Waals surface area contributed by atoms with E-state index in [4.69, 9.17) is 4.74 Å². The van der Waals surface area contributed by atoms with Gasteiger partial charge >= 0.3 is 5.97 Å². The molecule has 1 unspecified atom stereocenters. The molecule has 90 valence electrons. The number of hydrogen-bond donors (Lipinski definition) is 1. The first-order valence-electron chi connectivity index (χ1n) is 5.27. The summed E-state index contributed by atoms with van der Waals surface area (Å²) in [6.45, 7) is 4.99. The van der Waals surface area contributed by atoms with Crippen molar-refractivity contribution in [2.75, 3.05) is 13.2 Å². The molecule has 0 fully saturated rings. The van der Waals surface area contributed by atoms with Crippen molar-refractivity contribution in [3.63, 3.8) is 0 Å². The second-order valence-corrected chi connectivity index (χ2v) is 5.17. The molecule has 0 aliphatic carbocycles. The van der Waals surface area contributed by atoms with Gasteiger partial charge in [-0.1, -0.05) is 0 Å². The van der Waals surface area contributed by atoms with Gasteiger partial charge in [0, 0.05) is 21.9 Å². The zero-order valence-electron chi connectivity index (χ0n) is 9.46. The van der Waals surface area contributed by atoms with Crippen LogP contribution in [0.1, 0.15) is 31.2 Å². The van der Waals surface area contributed by atoms with Crippen LogP contribution in [0.4, 0.5) is 0 Å². The molecule has 0 spiro atoms. The Bertz CT molecular complexity index is 340. The predicted octanol–water partition coefficient (Wildman–Crippen LogP) is 3.11. The van der Waals surface area contributed by atoms with Crippen LogP contribution >= 0.6 is 27.3 Å². The third-order valence-corrected chi connectivity index (χ3v) is 4.18. The largest absolute Gasteiger partial charge is 0.466 e. The van der Waals surface area contributed by atoms with Crippen LogP contribution in [-0.4, -0.2) is 19.1 Å². The first-order chi connectivity index (χ1) is 7.65. The van der Waals surface area contributed by atoms with Gasteiger partial charge in [0.2, 0.25) is 0 Å². The van der Waals surface area contributed by atoms with Crippen molar-refractivity contribution in [1.29, 1.82) is 0 Å². The Hall–Kier alpha value is -0.390. The maximum atomic E-state index is 11.1. The van der Waals surface area contributed by atoms with Gasteiger partial charge < -0.3 is 10.1 Å². The molecule has 0 saturated carbocycles. The lowest BCUT2D eigenvalue weighted by atomic mass is 10.2. The van der Waals surface area contributed by atoms with E-state index in [2.05, 4.69) is 28.2 Å². The van der Waals surface area contributed by atoms with E-state index in [1.165, 1.54) is 4.88 Å². The Morgan fingerprint density at radius 3 is 3.00 bits per heavy atom. The Morgan fingerprint density at radius 1 is 1.69 bits per heavy atom. The highest BCUT2D eigenvalue weighted by molar-refractivity contribution is 9.10. The minimum Gasteiger partial charge on any atom is -0.466 e. The van der Waals surface area contributed by atoms with Gasteiger partial charge in [-0.15, -0.1) is 11.3 Å². The molecule has 3 nitrogen and oxygen atoms in total. The smallest absolute Gasteiger partial charge is 0.307 e. The highest BCUT2D eigenvalue weighted by atomic mass is 79.9. The third kappa shape index (κ3) is 4.23. The van der Waals surface area contributed by atoms with Crippen molar-refractivity contribution in [3.8, 4) is 0 Å². The van der Waals surface area contributed by atoms with Crippen molar-refractivity contribution >= 4 is 33.2 Å². The Morgan fingerprint density at radius 2 is 2.44 bits per heavy atom. The van der Waals surface area contributed by atoms with Gasteiger partial charge in [-0.2, -0.15) is 0 Å². The lowest BCUT2D eigenvalue weighted by Crippen LogP contribution is -2.22. The summed E-state index contributed by atoms with van der Waals surface area (Å²) in [6, 6.07) is 2.28. The van der Waals surface area contributed by atoms with Crippen molar-refractivity contribution < 1.29 is 9.53 Å². The summed E-state index contributed by atoms with van der Waals surface area (Å²) >= 11 is 5.19. The molecule has 1 heterocycles. The summed E-state index contributed by atoms with van der Waals surface area (Å²) < 4.78 is 5.97. The molecule has 1 aromatic rings. The number of nitrogens with one attached hydrogen (secondary N) is 1. The van der Waals surface area contributed by atoms with Crippen molar-refractivity contribution in [3.05, 3.63) is 20.8 Å². The Labute approximate surface area is 108 Å². The van der Waals surface area contributed by atoms with E-state index in [1.54, 1.807) is 11.3 Å². The average Bonchev–Trinajstić information content (AvgIpc) is 2.64. The quantitative estimate of drug-likeness (QED) is 0.821. The molecule has 1 rings (SSSR count). The number of halogens is 1. The van der Waals surface area contributed by atoms with Crippen LogP contribution in [0.2, 0.25) is 0 Å². The van der Waals surface area contributed by atoms with E-state index in [0.717, 1.165) is 4.47 Å². The van der Waals surface area contributed by atoms with Gasteiger partial charge in [0.25, 0.3) is 0 Å². The number of thiophene rings is 1. The van der Waals surface area contributed by atoms with Crippen LogP contribution in [0.25, 0.3) is 0 Å². The molecule has 0 amide bonds. The van der Waals surface area contributed by atoms with E-state index in [9.17, 15) is 4.79 Å². The Kier molecular flexibility index (Phi) is 6.01. The Balaban J connectivity index is 2.28. The second-order valence-electron chi connectivity index (χ2n) is 3.36. The molecular weight excluding hydrogens is 290 g/mol. The average molecular weight is 306 g/mol. The molecule has 0 bridgehead atoms. The lowest BCUT2D eigenvalue weighted by Gasteiger charge is -2.12. The van der Waals surface area contributed by atoms with E-state index in [0.29, 0.717) is 19.6 Å². The summed E-state index contributed by atoms with van der Waals surface area (Å²) in [6.07, 6.45) is 0.418. The van der Waals surface area contributed by atoms with Crippen LogP contribution in [0.15, 0.2) is 15.9 Å². The highest BCUT2D eigenvalue weighted by Crippen LogP contribution is 2.28. The summed E-state index contributed by atoms with van der Waals surface area (Å²) in [7, 11) is 0. The zero-order chi connectivity index (χ0) is 12.0. The third-order valence-electron chi connectivity index (χ3n) is 2.12. The minimum absolute atomic E-state index is 0.146. The van der Waals surface area contributed by atoms with Gasteiger partial charge in [-0.05, 0) is 41.2 Å². The normalized spacial score (nSPS) is 12.4. The highest BCUT2D eigenvalue weighted by Gasteiger charge is 2.10. The van der Waals surface area contributed by atoms with Gasteiger partial charge in [0.15, 0.2) is 0 Å². The second kappa shape index (κ2) is 7.04. The topological polar surface area (TPSA) is 38.3 Å². The lowest BCUT2D eigenvalue weighted by molar-refractivity contribution is -0.142. The molecular formula is C11H16BrNO2S. The van der Waals surface area contributed by atoms with E-state index < -0.39 is 0 Å². The molecule has 1 atom stereocenters. The molecule has 0 aromatic carbocycles. The van der Waals surface area contributed by atoms with Crippen LogP contribution in [-0.2, 0) is 9.53 Å². The van der Waals surface area contributed by atoms with Gasteiger partial charge in [-0.3, -0.25) is 4.79 Å². The van der Waals surface area contributed by atoms with Crippen LogP contribution in [0.5, 0.6) is 0 Å². The molecule has 0 saturated heterocycles. The van der Waals surface area contributed by atoms with E-state index >= 15 is 0 Å². The predicted molar refractivity (Wildman–Crippen MR) is 69.7 cm³/mol. The molecule has 1 aromatic heterocycles. The monoisotopic (exact) mass is 305 g/mol. The van der Waals surface area contributed by atoms with Crippen LogP contribution in [0.3, 0.4) is 0 Å². The summed E-state index contributed by atoms with van der Waals surface area (Å²) in [5.74, 6) is -0.146. The van der Waals surface area contributed by atoms with Gasteiger partial charge in [0.1, 0.15) is 0 Å². The van der Waals surface area contributed by atoms with Gasteiger partial charge in [-0.25, -0.2) is 0 Å². The van der Waals surface area contributed by atoms with E-state index in [-0.39, 0.29) is 12.0 Å². The van der Waals surface area contributed by atoms with Crippen LogP contribution < -0.4 is 5.32 Å². The van der Waals surface area contributed by atoms with Crippen molar-refractivity contribution in [2.24, 2.45) is 0 Å². The fourth-order valence-electron chi connectivity index (χ4n) is 1.33. The fourth-order valence-corrected chi connectivity index (χ4v) is 3.08. The number of esters is 1. The van der Waals surface area contributed by atoms with E-state index in [1.807, 2.05) is 18.4 Å². The molecule has 0 radical (unpaired) electrons. The molecule has 0 aliphatic rings. The minimum atomic E-state index is -0.146. The van der Waals surface area contributed by atoms with Crippen molar-refractivity contribution in [1.82, 2.24) is 5.32 Å². The van der Waals surface area contributed by atoms with Gasteiger partial charge in [0.05, 0.1) is 13.0 Å². The molecule has 1 N–H and O–H groups in total. The fraction of sp³-hybridized carbons (Fsp3) is 0.545. The standard InChI is InChI=1S/C11H16BrNO2S/c1-3-15-10(14)4-6-13-8(2)11-9(12)5-7-16-11/h5,7-8,13H,3-4,6H2,1-2H3. The number of carbonyl (C=O) groups is 1.